The number of rotatable bonds is 5. The molecule has 2 N–H and O–H groups in total. The molecule has 4 aromatic rings. The van der Waals surface area contributed by atoms with E-state index in [1.165, 1.54) is 0 Å². The molecule has 1 aliphatic heterocycles. The summed E-state index contributed by atoms with van der Waals surface area (Å²) >= 11 is 6.91. The molecule has 4 aromatic heterocycles. The Hall–Kier alpha value is -2.53. The monoisotopic (exact) mass is 461 g/mol. The fraction of sp³-hybridized carbons (Fsp3) is 0.211. The summed E-state index contributed by atoms with van der Waals surface area (Å²) in [7, 11) is -3.85. The zero-order chi connectivity index (χ0) is 20.9. The van der Waals surface area contributed by atoms with E-state index in [0.717, 1.165) is 27.9 Å². The van der Waals surface area contributed by atoms with Crippen molar-refractivity contribution in [3.8, 4) is 0 Å². The molecule has 0 spiro atoms. The molecule has 0 bridgehead atoms. The van der Waals surface area contributed by atoms with E-state index in [1.54, 1.807) is 35.5 Å². The van der Waals surface area contributed by atoms with E-state index in [1.807, 2.05) is 12.1 Å². The summed E-state index contributed by atoms with van der Waals surface area (Å²) in [5.74, 6) is -0.238. The molecular formula is C19H16ClN5O3S2. The maximum absolute atomic E-state index is 12.8. The van der Waals surface area contributed by atoms with Crippen molar-refractivity contribution < 1.29 is 13.2 Å². The maximum atomic E-state index is 12.8. The number of likely N-dealkylation sites (tertiary alicyclic amines) is 1. The van der Waals surface area contributed by atoms with Gasteiger partial charge in [0.2, 0.25) is 5.91 Å². The lowest BCUT2D eigenvalue weighted by Crippen LogP contribution is -2.41. The number of carbonyl (C=O) groups is 1. The maximum Gasteiger partial charge on any atom is 0.250 e. The van der Waals surface area contributed by atoms with Crippen LogP contribution in [-0.2, 0) is 21.4 Å². The molecule has 154 valence electrons. The number of aromatic nitrogens is 3. The number of thiophene rings is 1. The van der Waals surface area contributed by atoms with E-state index < -0.39 is 16.1 Å². The van der Waals surface area contributed by atoms with Crippen LogP contribution in [0.3, 0.4) is 0 Å². The van der Waals surface area contributed by atoms with Crippen LogP contribution in [-0.4, -0.2) is 46.8 Å². The van der Waals surface area contributed by atoms with Gasteiger partial charge in [-0.05, 0) is 36.8 Å². The van der Waals surface area contributed by atoms with Gasteiger partial charge in [-0.3, -0.25) is 9.78 Å². The SMILES string of the molecule is O=C1[C@@H](NS(=O)(=O)c2cc3ccc(Cl)nc3s2)CCN1Cc1cc2ccncc2[nH]1. The normalized spacial score (nSPS) is 17.4. The van der Waals surface area contributed by atoms with Gasteiger partial charge in [-0.15, -0.1) is 11.3 Å². The number of amides is 1. The van der Waals surface area contributed by atoms with E-state index in [4.69, 9.17) is 11.6 Å². The summed E-state index contributed by atoms with van der Waals surface area (Å²) < 4.78 is 28.3. The van der Waals surface area contributed by atoms with Crippen LogP contribution in [0.4, 0.5) is 0 Å². The van der Waals surface area contributed by atoms with Gasteiger partial charge < -0.3 is 9.88 Å². The standard InChI is InChI=1S/C19H16ClN5O3S2/c20-16-2-1-12-8-17(29-18(12)23-16)30(27,28)24-14-4-6-25(19(14)26)10-13-7-11-3-5-21-9-15(11)22-13/h1-3,5,7-9,14,22,24H,4,6,10H2/t14-/m0/s1. The Labute approximate surface area is 180 Å². The van der Waals surface area contributed by atoms with Crippen molar-refractivity contribution in [2.45, 2.75) is 23.2 Å². The first-order valence-corrected chi connectivity index (χ1v) is 11.9. The summed E-state index contributed by atoms with van der Waals surface area (Å²) in [5.41, 5.74) is 1.78. The number of carbonyl (C=O) groups excluding carboxylic acids is 1. The number of aromatic amines is 1. The highest BCUT2D eigenvalue weighted by Gasteiger charge is 2.35. The summed E-state index contributed by atoms with van der Waals surface area (Å²) in [5, 5.41) is 2.01. The summed E-state index contributed by atoms with van der Waals surface area (Å²) in [6, 6.07) is 7.95. The van der Waals surface area contributed by atoms with Gasteiger partial charge in [0.15, 0.2) is 0 Å². The average molecular weight is 462 g/mol. The summed E-state index contributed by atoms with van der Waals surface area (Å²) in [6.45, 7) is 0.861. The van der Waals surface area contributed by atoms with Gasteiger partial charge in [-0.25, -0.2) is 13.4 Å². The summed E-state index contributed by atoms with van der Waals surface area (Å²) in [6.07, 6.45) is 3.85. The number of nitrogens with one attached hydrogen (secondary N) is 2. The fourth-order valence-corrected chi connectivity index (χ4v) is 6.35. The van der Waals surface area contributed by atoms with Crippen LogP contribution in [0, 0.1) is 0 Å². The third-order valence-corrected chi connectivity index (χ3v) is 8.23. The van der Waals surface area contributed by atoms with Crippen molar-refractivity contribution in [1.82, 2.24) is 24.6 Å². The van der Waals surface area contributed by atoms with Crippen LogP contribution in [0.5, 0.6) is 0 Å². The van der Waals surface area contributed by atoms with Crippen molar-refractivity contribution >= 4 is 60.0 Å². The molecule has 0 saturated carbocycles. The number of hydrogen-bond donors (Lipinski definition) is 2. The predicted molar refractivity (Wildman–Crippen MR) is 115 cm³/mol. The first kappa shape index (κ1) is 19.4. The van der Waals surface area contributed by atoms with E-state index in [2.05, 4.69) is 19.7 Å². The zero-order valence-electron chi connectivity index (χ0n) is 15.5. The van der Waals surface area contributed by atoms with Crippen LogP contribution < -0.4 is 4.72 Å². The van der Waals surface area contributed by atoms with Crippen molar-refractivity contribution in [1.29, 1.82) is 0 Å². The molecule has 5 heterocycles. The van der Waals surface area contributed by atoms with Gasteiger partial charge in [-0.1, -0.05) is 11.6 Å². The Morgan fingerprint density at radius 3 is 2.97 bits per heavy atom. The molecule has 1 saturated heterocycles. The van der Waals surface area contributed by atoms with Gasteiger partial charge in [0.1, 0.15) is 20.2 Å². The largest absolute Gasteiger partial charge is 0.356 e. The Morgan fingerprint density at radius 1 is 1.27 bits per heavy atom. The second-order valence-corrected chi connectivity index (χ2v) is 10.4. The first-order chi connectivity index (χ1) is 14.4. The van der Waals surface area contributed by atoms with Crippen LogP contribution in [0.2, 0.25) is 5.15 Å². The van der Waals surface area contributed by atoms with Crippen LogP contribution in [0.25, 0.3) is 21.1 Å². The molecule has 0 radical (unpaired) electrons. The third kappa shape index (κ3) is 3.56. The molecule has 1 fully saturated rings. The second kappa shape index (κ2) is 7.31. The minimum atomic E-state index is -3.85. The molecule has 0 aromatic carbocycles. The Bertz CT molecular complexity index is 1350. The fourth-order valence-electron chi connectivity index (χ4n) is 3.58. The van der Waals surface area contributed by atoms with Crippen LogP contribution >= 0.6 is 22.9 Å². The number of hydrogen-bond acceptors (Lipinski definition) is 6. The van der Waals surface area contributed by atoms with Crippen molar-refractivity contribution in [3.63, 3.8) is 0 Å². The average Bonchev–Trinajstić information content (AvgIpc) is 3.40. The van der Waals surface area contributed by atoms with Crippen LogP contribution in [0.1, 0.15) is 12.1 Å². The number of fused-ring (bicyclic) bond motifs is 2. The van der Waals surface area contributed by atoms with Crippen molar-refractivity contribution in [3.05, 3.63) is 53.6 Å². The van der Waals surface area contributed by atoms with Crippen LogP contribution in [0.15, 0.2) is 46.9 Å². The minimum absolute atomic E-state index is 0.113. The molecule has 5 rings (SSSR count). The second-order valence-electron chi connectivity index (χ2n) is 7.07. The van der Waals surface area contributed by atoms with Gasteiger partial charge >= 0.3 is 0 Å². The third-order valence-electron chi connectivity index (χ3n) is 5.03. The van der Waals surface area contributed by atoms with E-state index in [0.29, 0.717) is 34.9 Å². The molecule has 1 aliphatic rings. The highest BCUT2D eigenvalue weighted by atomic mass is 35.5. The number of halogens is 1. The van der Waals surface area contributed by atoms with E-state index in [9.17, 15) is 13.2 Å². The lowest BCUT2D eigenvalue weighted by Gasteiger charge is -2.16. The zero-order valence-corrected chi connectivity index (χ0v) is 17.9. The number of H-pyrrole nitrogens is 1. The molecule has 8 nitrogen and oxygen atoms in total. The highest BCUT2D eigenvalue weighted by molar-refractivity contribution is 7.91. The Kier molecular flexibility index (Phi) is 4.73. The molecule has 11 heteroatoms. The molecule has 1 amide bonds. The van der Waals surface area contributed by atoms with Gasteiger partial charge in [0.05, 0.1) is 18.3 Å². The van der Waals surface area contributed by atoms with Gasteiger partial charge in [0.25, 0.3) is 10.0 Å². The molecule has 30 heavy (non-hydrogen) atoms. The van der Waals surface area contributed by atoms with Crippen molar-refractivity contribution in [2.75, 3.05) is 6.54 Å². The summed E-state index contributed by atoms with van der Waals surface area (Å²) in [4.78, 5) is 26.4. The molecule has 0 aliphatic carbocycles. The quantitative estimate of drug-likeness (QED) is 0.444. The first-order valence-electron chi connectivity index (χ1n) is 9.18. The molecule has 1 atom stereocenters. The van der Waals surface area contributed by atoms with Crippen molar-refractivity contribution in [2.24, 2.45) is 0 Å². The Morgan fingerprint density at radius 2 is 2.13 bits per heavy atom. The highest BCUT2D eigenvalue weighted by Crippen LogP contribution is 2.29. The smallest absolute Gasteiger partial charge is 0.250 e. The lowest BCUT2D eigenvalue weighted by molar-refractivity contribution is -0.129. The minimum Gasteiger partial charge on any atom is -0.356 e. The van der Waals surface area contributed by atoms with E-state index in [-0.39, 0.29) is 10.1 Å². The van der Waals surface area contributed by atoms with E-state index >= 15 is 0 Å². The predicted octanol–water partition coefficient (Wildman–Crippen LogP) is 2.91. The van der Waals surface area contributed by atoms with Gasteiger partial charge in [-0.2, -0.15) is 4.72 Å². The number of sulfonamides is 1. The number of nitrogens with zero attached hydrogens (tertiary/aromatic N) is 3. The molecule has 0 unspecified atom stereocenters. The number of pyridine rings is 2. The lowest BCUT2D eigenvalue weighted by atomic mass is 10.3. The topological polar surface area (TPSA) is 108 Å². The molecular weight excluding hydrogens is 446 g/mol. The Balaban J connectivity index is 1.31. The van der Waals surface area contributed by atoms with Gasteiger partial charge in [0, 0.05) is 29.2 Å².